The number of anilines is 1. The highest BCUT2D eigenvalue weighted by Crippen LogP contribution is 2.28. The Bertz CT molecular complexity index is 701. The predicted molar refractivity (Wildman–Crippen MR) is 85.5 cm³/mol. The Balaban J connectivity index is 1.68. The van der Waals surface area contributed by atoms with Crippen LogP contribution >= 0.6 is 0 Å². The molecule has 0 spiro atoms. The summed E-state index contributed by atoms with van der Waals surface area (Å²) < 4.78 is 5.25. The number of rotatable bonds is 4. The van der Waals surface area contributed by atoms with Crippen LogP contribution in [0.2, 0.25) is 0 Å². The quantitative estimate of drug-likeness (QED) is 0.879. The number of esters is 1. The van der Waals surface area contributed by atoms with Gasteiger partial charge in [-0.05, 0) is 31.2 Å². The number of carbonyl (C=O) groups is 2. The molecule has 1 aliphatic carbocycles. The molecule has 22 heavy (non-hydrogen) atoms. The lowest BCUT2D eigenvalue weighted by atomic mass is 9.86. The van der Waals surface area contributed by atoms with Gasteiger partial charge in [-0.2, -0.15) is 0 Å². The van der Waals surface area contributed by atoms with Crippen LogP contribution in [0.15, 0.2) is 42.5 Å². The van der Waals surface area contributed by atoms with E-state index in [4.69, 9.17) is 4.74 Å². The first kappa shape index (κ1) is 14.6. The van der Waals surface area contributed by atoms with Crippen molar-refractivity contribution in [3.8, 4) is 0 Å². The van der Waals surface area contributed by atoms with Gasteiger partial charge in [0.25, 0.3) is 5.91 Å². The highest BCUT2D eigenvalue weighted by molar-refractivity contribution is 6.03. The molecule has 0 radical (unpaired) electrons. The summed E-state index contributed by atoms with van der Waals surface area (Å²) in [5.74, 6) is -0.580. The minimum atomic E-state index is -0.785. The van der Waals surface area contributed by atoms with E-state index in [2.05, 4.69) is 5.32 Å². The topological polar surface area (TPSA) is 55.4 Å². The van der Waals surface area contributed by atoms with Gasteiger partial charge >= 0.3 is 5.97 Å². The van der Waals surface area contributed by atoms with Gasteiger partial charge in [-0.3, -0.25) is 9.59 Å². The van der Waals surface area contributed by atoms with Crippen LogP contribution in [0, 0.1) is 5.92 Å². The second-order valence-corrected chi connectivity index (χ2v) is 5.72. The molecule has 0 saturated heterocycles. The van der Waals surface area contributed by atoms with Crippen molar-refractivity contribution in [2.75, 3.05) is 5.32 Å². The van der Waals surface area contributed by atoms with Crippen molar-refractivity contribution in [1.82, 2.24) is 0 Å². The second kappa shape index (κ2) is 6.18. The van der Waals surface area contributed by atoms with Crippen molar-refractivity contribution < 1.29 is 14.3 Å². The predicted octanol–water partition coefficient (Wildman–Crippen LogP) is 3.51. The van der Waals surface area contributed by atoms with Crippen molar-refractivity contribution in [3.05, 3.63) is 42.5 Å². The molecule has 1 aliphatic rings. The van der Waals surface area contributed by atoms with E-state index in [1.807, 2.05) is 42.5 Å². The maximum atomic E-state index is 12.2. The van der Waals surface area contributed by atoms with Crippen LogP contribution in [0.4, 0.5) is 5.69 Å². The normalized spacial score (nSPS) is 15.9. The Hall–Kier alpha value is -2.36. The van der Waals surface area contributed by atoms with Crippen molar-refractivity contribution in [2.24, 2.45) is 5.92 Å². The summed E-state index contributed by atoms with van der Waals surface area (Å²) in [5.41, 5.74) is 0.731. The first-order chi connectivity index (χ1) is 10.6. The summed E-state index contributed by atoms with van der Waals surface area (Å²) in [4.78, 5) is 24.0. The molecule has 114 valence electrons. The summed E-state index contributed by atoms with van der Waals surface area (Å²) >= 11 is 0. The van der Waals surface area contributed by atoms with Crippen molar-refractivity contribution >= 4 is 28.3 Å². The molecule has 4 heteroatoms. The summed E-state index contributed by atoms with van der Waals surface area (Å²) in [5, 5.41) is 4.87. The van der Waals surface area contributed by atoms with Crippen molar-refractivity contribution in [3.63, 3.8) is 0 Å². The zero-order valence-corrected chi connectivity index (χ0v) is 12.5. The lowest BCUT2D eigenvalue weighted by Crippen LogP contribution is -2.34. The van der Waals surface area contributed by atoms with Gasteiger partial charge < -0.3 is 10.1 Å². The molecule has 2 aromatic carbocycles. The number of ether oxygens (including phenoxy) is 1. The van der Waals surface area contributed by atoms with Crippen molar-refractivity contribution in [1.29, 1.82) is 0 Å². The largest absolute Gasteiger partial charge is 0.452 e. The molecule has 0 unspecified atom stereocenters. The molecule has 0 heterocycles. The first-order valence-corrected chi connectivity index (χ1v) is 7.64. The number of nitrogens with one attached hydrogen (secondary N) is 1. The fourth-order valence-corrected chi connectivity index (χ4v) is 2.54. The van der Waals surface area contributed by atoms with E-state index in [1.54, 1.807) is 6.92 Å². The lowest BCUT2D eigenvalue weighted by molar-refractivity contribution is -0.159. The monoisotopic (exact) mass is 297 g/mol. The van der Waals surface area contributed by atoms with E-state index in [0.29, 0.717) is 0 Å². The smallest absolute Gasteiger partial charge is 0.309 e. The van der Waals surface area contributed by atoms with Crippen LogP contribution in [0.5, 0.6) is 0 Å². The molecule has 1 atom stereocenters. The van der Waals surface area contributed by atoms with E-state index < -0.39 is 6.10 Å². The van der Waals surface area contributed by atoms with Crippen LogP contribution in [0.25, 0.3) is 10.8 Å². The van der Waals surface area contributed by atoms with E-state index in [-0.39, 0.29) is 17.8 Å². The van der Waals surface area contributed by atoms with E-state index in [9.17, 15) is 9.59 Å². The number of amides is 1. The third kappa shape index (κ3) is 2.96. The number of fused-ring (bicyclic) bond motifs is 1. The van der Waals surface area contributed by atoms with E-state index >= 15 is 0 Å². The summed E-state index contributed by atoms with van der Waals surface area (Å²) in [6, 6.07) is 13.6. The summed E-state index contributed by atoms with van der Waals surface area (Å²) in [6.45, 7) is 1.61. The van der Waals surface area contributed by atoms with Crippen LogP contribution in [0.3, 0.4) is 0 Å². The fourth-order valence-electron chi connectivity index (χ4n) is 2.54. The Morgan fingerprint density at radius 3 is 2.59 bits per heavy atom. The van der Waals surface area contributed by atoms with Crippen LogP contribution < -0.4 is 5.32 Å². The summed E-state index contributed by atoms with van der Waals surface area (Å²) in [7, 11) is 0. The minimum absolute atomic E-state index is 0.0206. The van der Waals surface area contributed by atoms with Gasteiger partial charge in [-0.1, -0.05) is 42.8 Å². The summed E-state index contributed by atoms with van der Waals surface area (Å²) in [6.07, 6.45) is 2.02. The molecular weight excluding hydrogens is 278 g/mol. The average Bonchev–Trinajstić information content (AvgIpc) is 2.45. The average molecular weight is 297 g/mol. The minimum Gasteiger partial charge on any atom is -0.452 e. The Labute approximate surface area is 129 Å². The molecule has 0 aliphatic heterocycles. The first-order valence-electron chi connectivity index (χ1n) is 7.64. The van der Waals surface area contributed by atoms with Gasteiger partial charge in [0.05, 0.1) is 5.92 Å². The molecular formula is C18H19NO3. The van der Waals surface area contributed by atoms with Gasteiger partial charge in [-0.25, -0.2) is 0 Å². The van der Waals surface area contributed by atoms with Gasteiger partial charge in [-0.15, -0.1) is 0 Å². The molecule has 3 rings (SSSR count). The third-order valence-electron chi connectivity index (χ3n) is 4.15. The van der Waals surface area contributed by atoms with Gasteiger partial charge in [0.1, 0.15) is 0 Å². The third-order valence-corrected chi connectivity index (χ3v) is 4.15. The second-order valence-electron chi connectivity index (χ2n) is 5.72. The molecule has 2 aromatic rings. The highest BCUT2D eigenvalue weighted by Gasteiger charge is 2.29. The maximum Gasteiger partial charge on any atom is 0.309 e. The molecule has 1 N–H and O–H groups in total. The van der Waals surface area contributed by atoms with Gasteiger partial charge in [0, 0.05) is 11.1 Å². The Kier molecular flexibility index (Phi) is 4.09. The number of benzene rings is 2. The molecule has 0 bridgehead atoms. The van der Waals surface area contributed by atoms with Gasteiger partial charge in [0.2, 0.25) is 0 Å². The van der Waals surface area contributed by atoms with Crippen LogP contribution in [-0.2, 0) is 14.3 Å². The standard InChI is InChI=1S/C18H19NO3/c1-12(22-18(21)14-8-4-9-14)17(20)19-16-11-5-7-13-6-2-3-10-15(13)16/h2-3,5-7,10-12,14H,4,8-9H2,1H3,(H,19,20)/t12-/m1/s1. The number of carbonyl (C=O) groups excluding carboxylic acids is 2. The Morgan fingerprint density at radius 1 is 1.14 bits per heavy atom. The lowest BCUT2D eigenvalue weighted by Gasteiger charge is -2.25. The fraction of sp³-hybridized carbons (Fsp3) is 0.333. The molecule has 1 saturated carbocycles. The van der Waals surface area contributed by atoms with Crippen LogP contribution in [-0.4, -0.2) is 18.0 Å². The van der Waals surface area contributed by atoms with Gasteiger partial charge in [0.15, 0.2) is 6.10 Å². The van der Waals surface area contributed by atoms with Crippen molar-refractivity contribution in [2.45, 2.75) is 32.3 Å². The highest BCUT2D eigenvalue weighted by atomic mass is 16.5. The van der Waals surface area contributed by atoms with Crippen LogP contribution in [0.1, 0.15) is 26.2 Å². The molecule has 1 fully saturated rings. The zero-order chi connectivity index (χ0) is 15.5. The van der Waals surface area contributed by atoms with E-state index in [1.165, 1.54) is 0 Å². The van der Waals surface area contributed by atoms with E-state index in [0.717, 1.165) is 35.7 Å². The zero-order valence-electron chi connectivity index (χ0n) is 12.5. The maximum absolute atomic E-state index is 12.2. The number of hydrogen-bond acceptors (Lipinski definition) is 3. The molecule has 1 amide bonds. The molecule has 0 aromatic heterocycles. The molecule has 4 nitrogen and oxygen atoms in total. The SMILES string of the molecule is C[C@@H](OC(=O)C1CCC1)C(=O)Nc1cccc2ccccc12. The Morgan fingerprint density at radius 2 is 1.86 bits per heavy atom. The number of hydrogen-bond donors (Lipinski definition) is 1.